The number of rotatable bonds is 4. The van der Waals surface area contributed by atoms with Crippen LogP contribution in [0.25, 0.3) is 0 Å². The van der Waals surface area contributed by atoms with Crippen LogP contribution in [0.3, 0.4) is 0 Å². The van der Waals surface area contributed by atoms with Crippen molar-refractivity contribution in [1.29, 1.82) is 0 Å². The summed E-state index contributed by atoms with van der Waals surface area (Å²) in [5, 5.41) is 15.3. The molecule has 1 aliphatic rings. The number of nitrogens with zero attached hydrogens (tertiary/aromatic N) is 2. The van der Waals surface area contributed by atoms with Crippen molar-refractivity contribution in [3.63, 3.8) is 0 Å². The molecule has 0 spiro atoms. The molecule has 0 aromatic carbocycles. The van der Waals surface area contributed by atoms with Gasteiger partial charge in [-0.05, 0) is 32.4 Å². The van der Waals surface area contributed by atoms with Gasteiger partial charge in [0.2, 0.25) is 0 Å². The molecule has 0 aromatic heterocycles. The molecule has 1 saturated heterocycles. The van der Waals surface area contributed by atoms with Crippen LogP contribution in [-0.4, -0.2) is 48.2 Å². The summed E-state index contributed by atoms with van der Waals surface area (Å²) in [6, 6.07) is 0.447. The second-order valence-electron chi connectivity index (χ2n) is 4.79. The highest BCUT2D eigenvalue weighted by Gasteiger charge is 2.26. The van der Waals surface area contributed by atoms with Crippen molar-refractivity contribution < 1.29 is 5.21 Å². The highest BCUT2D eigenvalue weighted by atomic mass is 16.4. The summed E-state index contributed by atoms with van der Waals surface area (Å²) in [6.45, 7) is 6.49. The van der Waals surface area contributed by atoms with Crippen LogP contribution >= 0.6 is 0 Å². The van der Waals surface area contributed by atoms with Crippen molar-refractivity contribution in [2.45, 2.75) is 38.8 Å². The van der Waals surface area contributed by atoms with Gasteiger partial charge in [-0.25, -0.2) is 0 Å². The predicted molar refractivity (Wildman–Crippen MR) is 65.7 cm³/mol. The fourth-order valence-electron chi connectivity index (χ4n) is 2.34. The Morgan fingerprint density at radius 3 is 2.88 bits per heavy atom. The van der Waals surface area contributed by atoms with Crippen molar-refractivity contribution in [1.82, 2.24) is 10.2 Å². The van der Waals surface area contributed by atoms with Gasteiger partial charge >= 0.3 is 0 Å². The number of hydrogen-bond donors (Lipinski definition) is 3. The van der Waals surface area contributed by atoms with E-state index in [-0.39, 0.29) is 11.9 Å². The third-order valence-electron chi connectivity index (χ3n) is 3.40. The van der Waals surface area contributed by atoms with Crippen LogP contribution in [0.2, 0.25) is 0 Å². The lowest BCUT2D eigenvalue weighted by molar-refractivity contribution is 0.170. The second kappa shape index (κ2) is 6.06. The number of piperidine rings is 1. The van der Waals surface area contributed by atoms with E-state index >= 15 is 0 Å². The van der Waals surface area contributed by atoms with Crippen LogP contribution < -0.4 is 11.1 Å². The Hall–Kier alpha value is -0.810. The molecule has 0 amide bonds. The first-order chi connectivity index (χ1) is 7.58. The summed E-state index contributed by atoms with van der Waals surface area (Å²) in [6.07, 6.45) is 1.96. The van der Waals surface area contributed by atoms with Crippen molar-refractivity contribution in [3.05, 3.63) is 0 Å². The van der Waals surface area contributed by atoms with Gasteiger partial charge in [0.15, 0.2) is 5.84 Å². The van der Waals surface area contributed by atoms with E-state index < -0.39 is 0 Å². The lowest BCUT2D eigenvalue weighted by Gasteiger charge is -2.37. The van der Waals surface area contributed by atoms with Gasteiger partial charge in [0.05, 0.1) is 6.04 Å². The fourth-order valence-corrected chi connectivity index (χ4v) is 2.34. The van der Waals surface area contributed by atoms with E-state index in [0.717, 1.165) is 25.9 Å². The van der Waals surface area contributed by atoms with Gasteiger partial charge in [-0.15, -0.1) is 0 Å². The van der Waals surface area contributed by atoms with Gasteiger partial charge in [-0.2, -0.15) is 0 Å². The van der Waals surface area contributed by atoms with E-state index in [0.29, 0.717) is 12.0 Å². The molecule has 0 aliphatic carbocycles. The maximum Gasteiger partial charge on any atom is 0.156 e. The molecular weight excluding hydrogens is 204 g/mol. The van der Waals surface area contributed by atoms with Crippen LogP contribution in [0.5, 0.6) is 0 Å². The van der Waals surface area contributed by atoms with Gasteiger partial charge < -0.3 is 21.2 Å². The van der Waals surface area contributed by atoms with E-state index in [9.17, 15) is 0 Å². The zero-order chi connectivity index (χ0) is 12.1. The highest BCUT2D eigenvalue weighted by Crippen LogP contribution is 2.16. The van der Waals surface area contributed by atoms with Gasteiger partial charge in [0.1, 0.15) is 0 Å². The van der Waals surface area contributed by atoms with Crippen LogP contribution in [0.1, 0.15) is 26.7 Å². The average Bonchev–Trinajstić information content (AvgIpc) is 2.27. The molecule has 0 bridgehead atoms. The molecule has 1 aliphatic heterocycles. The summed E-state index contributed by atoms with van der Waals surface area (Å²) in [5.41, 5.74) is 5.64. The Balaban J connectivity index is 2.52. The third-order valence-corrected chi connectivity index (χ3v) is 3.40. The lowest BCUT2D eigenvalue weighted by Crippen LogP contribution is -2.53. The van der Waals surface area contributed by atoms with Crippen LogP contribution in [0.15, 0.2) is 5.16 Å². The number of nitrogens with one attached hydrogen (secondary N) is 1. The van der Waals surface area contributed by atoms with Crippen molar-refractivity contribution in [2.24, 2.45) is 16.8 Å². The molecule has 4 N–H and O–H groups in total. The number of amidine groups is 1. The summed E-state index contributed by atoms with van der Waals surface area (Å²) in [7, 11) is 2.15. The molecule has 0 aromatic rings. The summed E-state index contributed by atoms with van der Waals surface area (Å²) >= 11 is 0. The molecule has 0 radical (unpaired) electrons. The number of nitrogens with two attached hydrogens (primary N) is 1. The number of hydrogen-bond acceptors (Lipinski definition) is 4. The zero-order valence-electron chi connectivity index (χ0n) is 10.5. The molecule has 3 atom stereocenters. The molecule has 94 valence electrons. The van der Waals surface area contributed by atoms with E-state index in [1.165, 1.54) is 0 Å². The van der Waals surface area contributed by atoms with E-state index in [2.05, 4.69) is 29.3 Å². The standard InChI is InChI=1S/C11H24N4O/c1-4-9(11(12)14-16)13-10-5-6-15(3)7-8(10)2/h8-10,13,16H,4-7H2,1-3H3,(H2,12,14). The number of oxime groups is 1. The molecule has 1 rings (SSSR count). The van der Waals surface area contributed by atoms with Crippen LogP contribution in [-0.2, 0) is 0 Å². The first kappa shape index (κ1) is 13.3. The molecule has 3 unspecified atom stereocenters. The highest BCUT2D eigenvalue weighted by molar-refractivity contribution is 5.85. The lowest BCUT2D eigenvalue weighted by atomic mass is 9.93. The minimum absolute atomic E-state index is 0.0131. The molecule has 16 heavy (non-hydrogen) atoms. The SMILES string of the molecule is CCC(NC1CCN(C)CC1C)C(N)=NO. The van der Waals surface area contributed by atoms with Crippen LogP contribution in [0.4, 0.5) is 0 Å². The zero-order valence-corrected chi connectivity index (χ0v) is 10.5. The molecule has 1 fully saturated rings. The second-order valence-corrected chi connectivity index (χ2v) is 4.79. The maximum atomic E-state index is 8.69. The molecule has 5 heteroatoms. The topological polar surface area (TPSA) is 73.9 Å². The molecule has 5 nitrogen and oxygen atoms in total. The van der Waals surface area contributed by atoms with E-state index in [1.54, 1.807) is 0 Å². The van der Waals surface area contributed by atoms with Crippen molar-refractivity contribution >= 4 is 5.84 Å². The monoisotopic (exact) mass is 228 g/mol. The fraction of sp³-hybridized carbons (Fsp3) is 0.909. The minimum Gasteiger partial charge on any atom is -0.409 e. The summed E-state index contributed by atoms with van der Waals surface area (Å²) < 4.78 is 0. The smallest absolute Gasteiger partial charge is 0.156 e. The first-order valence-corrected chi connectivity index (χ1v) is 6.00. The summed E-state index contributed by atoms with van der Waals surface area (Å²) in [4.78, 5) is 2.34. The van der Waals surface area contributed by atoms with Gasteiger partial charge in [-0.1, -0.05) is 19.0 Å². The van der Waals surface area contributed by atoms with Crippen molar-refractivity contribution in [3.8, 4) is 0 Å². The Labute approximate surface area is 97.7 Å². The largest absolute Gasteiger partial charge is 0.409 e. The van der Waals surface area contributed by atoms with Gasteiger partial charge in [0.25, 0.3) is 0 Å². The normalized spacial score (nSPS) is 30.3. The first-order valence-electron chi connectivity index (χ1n) is 6.00. The summed E-state index contributed by atoms with van der Waals surface area (Å²) in [5.74, 6) is 0.882. The molecule has 1 heterocycles. The predicted octanol–water partition coefficient (Wildman–Crippen LogP) is 0.441. The molecular formula is C11H24N4O. The third kappa shape index (κ3) is 3.35. The Morgan fingerprint density at radius 2 is 2.38 bits per heavy atom. The molecule has 0 saturated carbocycles. The van der Waals surface area contributed by atoms with Gasteiger partial charge in [0, 0.05) is 12.6 Å². The van der Waals surface area contributed by atoms with E-state index in [4.69, 9.17) is 10.9 Å². The van der Waals surface area contributed by atoms with Gasteiger partial charge in [-0.3, -0.25) is 0 Å². The Kier molecular flexibility index (Phi) is 5.02. The maximum absolute atomic E-state index is 8.69. The van der Waals surface area contributed by atoms with Crippen molar-refractivity contribution in [2.75, 3.05) is 20.1 Å². The average molecular weight is 228 g/mol. The number of likely N-dealkylation sites (tertiary alicyclic amines) is 1. The quantitative estimate of drug-likeness (QED) is 0.282. The minimum atomic E-state index is -0.0131. The Bertz CT molecular complexity index is 244. The Morgan fingerprint density at radius 1 is 1.69 bits per heavy atom. The van der Waals surface area contributed by atoms with E-state index in [1.807, 2.05) is 6.92 Å². The van der Waals surface area contributed by atoms with Crippen LogP contribution in [0, 0.1) is 5.92 Å².